The Morgan fingerprint density at radius 1 is 1.12 bits per heavy atom. The van der Waals surface area contributed by atoms with Crippen LogP contribution in [0.25, 0.3) is 0 Å². The van der Waals surface area contributed by atoms with Gasteiger partial charge in [0.25, 0.3) is 5.91 Å². The van der Waals surface area contributed by atoms with Crippen molar-refractivity contribution in [1.29, 1.82) is 0 Å². The van der Waals surface area contributed by atoms with Crippen LogP contribution < -0.4 is 14.8 Å². The second kappa shape index (κ2) is 8.92. The van der Waals surface area contributed by atoms with Gasteiger partial charge in [0.2, 0.25) is 0 Å². The van der Waals surface area contributed by atoms with Crippen molar-refractivity contribution in [2.75, 3.05) is 40.4 Å². The number of amides is 1. The number of ether oxygens (including phenoxy) is 2. The number of likely N-dealkylation sites (tertiary alicyclic amines) is 1. The summed E-state index contributed by atoms with van der Waals surface area (Å²) in [5.74, 6) is 2.69. The molecule has 2 rings (SSSR count). The van der Waals surface area contributed by atoms with Gasteiger partial charge in [-0.15, -0.1) is 0 Å². The fourth-order valence-corrected chi connectivity index (χ4v) is 3.52. The molecule has 1 aromatic carbocycles. The number of carbonyl (C=O) groups excluding carboxylic acids is 1. The molecule has 1 amide bonds. The zero-order valence-electron chi connectivity index (χ0n) is 15.3. The Kier molecular flexibility index (Phi) is 6.91. The van der Waals surface area contributed by atoms with Crippen molar-refractivity contribution in [3.63, 3.8) is 0 Å². The topological polar surface area (TPSA) is 50.8 Å². The van der Waals surface area contributed by atoms with Crippen LogP contribution >= 0.6 is 0 Å². The Balaban J connectivity index is 1.79. The maximum atomic E-state index is 12.3. The summed E-state index contributed by atoms with van der Waals surface area (Å²) in [6.07, 6.45) is 2.29. The fourth-order valence-electron chi connectivity index (χ4n) is 3.52. The molecule has 0 unspecified atom stereocenters. The predicted molar refractivity (Wildman–Crippen MR) is 95.9 cm³/mol. The molecule has 1 saturated heterocycles. The van der Waals surface area contributed by atoms with Crippen LogP contribution in [0.3, 0.4) is 0 Å². The Labute approximate surface area is 145 Å². The summed E-state index contributed by atoms with van der Waals surface area (Å²) in [5, 5.41) is 2.99. The molecule has 1 fully saturated rings. The van der Waals surface area contributed by atoms with E-state index in [9.17, 15) is 4.79 Å². The van der Waals surface area contributed by atoms with Crippen molar-refractivity contribution < 1.29 is 14.3 Å². The highest BCUT2D eigenvalue weighted by molar-refractivity contribution is 5.95. The number of hydrogen-bond acceptors (Lipinski definition) is 4. The van der Waals surface area contributed by atoms with E-state index in [0.29, 0.717) is 23.6 Å². The van der Waals surface area contributed by atoms with Crippen molar-refractivity contribution in [1.82, 2.24) is 10.2 Å². The molecule has 24 heavy (non-hydrogen) atoms. The van der Waals surface area contributed by atoms with E-state index in [1.54, 1.807) is 32.4 Å². The third-order valence-electron chi connectivity index (χ3n) is 4.49. The molecule has 0 aliphatic carbocycles. The highest BCUT2D eigenvalue weighted by Crippen LogP contribution is 2.22. The quantitative estimate of drug-likeness (QED) is 0.779. The molecule has 2 atom stereocenters. The first kappa shape index (κ1) is 18.6. The second-order valence-electron chi connectivity index (χ2n) is 6.92. The molecule has 1 aliphatic heterocycles. The molecule has 0 bridgehead atoms. The van der Waals surface area contributed by atoms with E-state index in [4.69, 9.17) is 9.47 Å². The molecular weight excluding hydrogens is 304 g/mol. The van der Waals surface area contributed by atoms with Crippen LogP contribution in [-0.4, -0.2) is 51.2 Å². The minimum absolute atomic E-state index is 0.0902. The Hall–Kier alpha value is -1.75. The number of piperidine rings is 1. The lowest BCUT2D eigenvalue weighted by Crippen LogP contribution is -2.40. The van der Waals surface area contributed by atoms with Crippen LogP contribution in [0.5, 0.6) is 11.5 Å². The average Bonchev–Trinajstić information content (AvgIpc) is 2.57. The number of benzene rings is 1. The normalized spacial score (nSPS) is 21.3. The Morgan fingerprint density at radius 2 is 1.71 bits per heavy atom. The van der Waals surface area contributed by atoms with E-state index in [0.717, 1.165) is 24.8 Å². The van der Waals surface area contributed by atoms with Gasteiger partial charge in [-0.25, -0.2) is 0 Å². The van der Waals surface area contributed by atoms with Gasteiger partial charge in [0, 0.05) is 31.3 Å². The van der Waals surface area contributed by atoms with Crippen molar-refractivity contribution in [3.05, 3.63) is 23.8 Å². The lowest BCUT2D eigenvalue weighted by molar-refractivity contribution is 0.0946. The standard InChI is InChI=1S/C19H30N2O3/c1-14-8-15(2)13-21(12-14)7-5-6-20-19(22)16-9-17(23-3)11-18(10-16)24-4/h9-11,14-15H,5-8,12-13H2,1-4H3,(H,20,22)/t14-,15+. The first-order valence-electron chi connectivity index (χ1n) is 8.75. The van der Waals surface area contributed by atoms with Gasteiger partial charge in [0.1, 0.15) is 11.5 Å². The molecular formula is C19H30N2O3. The zero-order chi connectivity index (χ0) is 17.5. The number of hydrogen-bond donors (Lipinski definition) is 1. The van der Waals surface area contributed by atoms with E-state index in [-0.39, 0.29) is 5.91 Å². The molecule has 1 N–H and O–H groups in total. The number of carbonyl (C=O) groups is 1. The molecule has 0 radical (unpaired) electrons. The average molecular weight is 334 g/mol. The molecule has 1 aliphatic rings. The number of rotatable bonds is 7. The molecule has 0 spiro atoms. The minimum Gasteiger partial charge on any atom is -0.497 e. The van der Waals surface area contributed by atoms with Crippen LogP contribution in [0, 0.1) is 11.8 Å². The molecule has 1 aromatic rings. The van der Waals surface area contributed by atoms with Gasteiger partial charge >= 0.3 is 0 Å². The molecule has 5 heteroatoms. The number of nitrogens with one attached hydrogen (secondary N) is 1. The summed E-state index contributed by atoms with van der Waals surface area (Å²) in [5.41, 5.74) is 0.561. The predicted octanol–water partition coefficient (Wildman–Crippen LogP) is 2.80. The largest absolute Gasteiger partial charge is 0.497 e. The lowest BCUT2D eigenvalue weighted by Gasteiger charge is -2.34. The summed E-state index contributed by atoms with van der Waals surface area (Å²) >= 11 is 0. The highest BCUT2D eigenvalue weighted by atomic mass is 16.5. The van der Waals surface area contributed by atoms with Crippen LogP contribution in [-0.2, 0) is 0 Å². The van der Waals surface area contributed by atoms with Crippen LogP contribution in [0.4, 0.5) is 0 Å². The van der Waals surface area contributed by atoms with Crippen LogP contribution in [0.1, 0.15) is 37.0 Å². The van der Waals surface area contributed by atoms with Crippen molar-refractivity contribution >= 4 is 5.91 Å². The maximum absolute atomic E-state index is 12.3. The second-order valence-corrected chi connectivity index (χ2v) is 6.92. The van der Waals surface area contributed by atoms with Gasteiger partial charge in [-0.1, -0.05) is 13.8 Å². The summed E-state index contributed by atoms with van der Waals surface area (Å²) in [6, 6.07) is 5.22. The van der Waals surface area contributed by atoms with Crippen molar-refractivity contribution in [2.24, 2.45) is 11.8 Å². The van der Waals surface area contributed by atoms with E-state index >= 15 is 0 Å². The number of nitrogens with zero attached hydrogens (tertiary/aromatic N) is 1. The minimum atomic E-state index is -0.0902. The van der Waals surface area contributed by atoms with Gasteiger partial charge in [-0.2, -0.15) is 0 Å². The zero-order valence-corrected chi connectivity index (χ0v) is 15.3. The Morgan fingerprint density at radius 3 is 2.25 bits per heavy atom. The summed E-state index contributed by atoms with van der Waals surface area (Å²) in [7, 11) is 3.16. The van der Waals surface area contributed by atoms with Crippen LogP contribution in [0.2, 0.25) is 0 Å². The maximum Gasteiger partial charge on any atom is 0.251 e. The van der Waals surface area contributed by atoms with E-state index in [2.05, 4.69) is 24.1 Å². The Bertz CT molecular complexity index is 515. The van der Waals surface area contributed by atoms with Gasteiger partial charge in [0.05, 0.1) is 14.2 Å². The van der Waals surface area contributed by atoms with Gasteiger partial charge in [-0.3, -0.25) is 4.79 Å². The SMILES string of the molecule is COc1cc(OC)cc(C(=O)NCCCN2C[C@H](C)C[C@H](C)C2)c1. The molecule has 1 heterocycles. The monoisotopic (exact) mass is 334 g/mol. The van der Waals surface area contributed by atoms with Crippen molar-refractivity contribution in [2.45, 2.75) is 26.7 Å². The molecule has 5 nitrogen and oxygen atoms in total. The smallest absolute Gasteiger partial charge is 0.251 e. The summed E-state index contributed by atoms with van der Waals surface area (Å²) < 4.78 is 10.4. The van der Waals surface area contributed by atoms with Gasteiger partial charge < -0.3 is 19.7 Å². The van der Waals surface area contributed by atoms with Crippen molar-refractivity contribution in [3.8, 4) is 11.5 Å². The molecule has 134 valence electrons. The fraction of sp³-hybridized carbons (Fsp3) is 0.632. The third kappa shape index (κ3) is 5.41. The number of methoxy groups -OCH3 is 2. The van der Waals surface area contributed by atoms with E-state index < -0.39 is 0 Å². The lowest BCUT2D eigenvalue weighted by atomic mass is 9.92. The molecule has 0 saturated carbocycles. The summed E-state index contributed by atoms with van der Waals surface area (Å²) in [4.78, 5) is 14.8. The van der Waals surface area contributed by atoms with E-state index in [1.165, 1.54) is 19.5 Å². The van der Waals surface area contributed by atoms with Gasteiger partial charge in [-0.05, 0) is 43.4 Å². The first-order chi connectivity index (χ1) is 11.5. The summed E-state index contributed by atoms with van der Waals surface area (Å²) in [6.45, 7) is 8.70. The van der Waals surface area contributed by atoms with Crippen LogP contribution in [0.15, 0.2) is 18.2 Å². The van der Waals surface area contributed by atoms with Gasteiger partial charge in [0.15, 0.2) is 0 Å². The highest BCUT2D eigenvalue weighted by Gasteiger charge is 2.21. The molecule has 0 aromatic heterocycles. The van der Waals surface area contributed by atoms with E-state index in [1.807, 2.05) is 0 Å². The first-order valence-corrected chi connectivity index (χ1v) is 8.75. The third-order valence-corrected chi connectivity index (χ3v) is 4.49.